The number of carbonyl (C=O) groups is 1. The number of fused-ring (bicyclic) bond motifs is 1. The second-order valence-electron chi connectivity index (χ2n) is 8.08. The molecule has 1 atom stereocenters. The first kappa shape index (κ1) is 25.5. The van der Waals surface area contributed by atoms with Crippen molar-refractivity contribution >= 4 is 17.2 Å². The predicted octanol–water partition coefficient (Wildman–Crippen LogP) is 6.11. The third-order valence-electron chi connectivity index (χ3n) is 5.77. The molecule has 0 saturated carbocycles. The molecule has 0 radical (unpaired) electrons. The van der Waals surface area contributed by atoms with Gasteiger partial charge in [0.05, 0.1) is 6.54 Å². The lowest BCUT2D eigenvalue weighted by Gasteiger charge is -2.33. The monoisotopic (exact) mass is 524 g/mol. The molecule has 2 aromatic heterocycles. The van der Waals surface area contributed by atoms with Gasteiger partial charge in [-0.15, -0.1) is 11.3 Å². The Morgan fingerprint density at radius 1 is 1.19 bits per heavy atom. The summed E-state index contributed by atoms with van der Waals surface area (Å²) in [5.74, 6) is -1.56. The summed E-state index contributed by atoms with van der Waals surface area (Å²) in [6.07, 6.45) is -7.82. The maximum atomic E-state index is 13.8. The average Bonchev–Trinajstić information content (AvgIpc) is 3.45. The molecule has 0 aliphatic carbocycles. The van der Waals surface area contributed by atoms with Crippen molar-refractivity contribution in [2.75, 3.05) is 6.54 Å². The van der Waals surface area contributed by atoms with Crippen LogP contribution in [0.15, 0.2) is 48.7 Å². The first-order valence-corrected chi connectivity index (χ1v) is 11.5. The van der Waals surface area contributed by atoms with E-state index in [9.17, 15) is 36.4 Å². The van der Waals surface area contributed by atoms with Crippen LogP contribution in [0.1, 0.15) is 39.4 Å². The number of allylic oxidation sites excluding steroid dienone is 1. The summed E-state index contributed by atoms with van der Waals surface area (Å²) in [5, 5.41) is 13.1. The highest BCUT2D eigenvalue weighted by Crippen LogP contribution is 2.44. The van der Waals surface area contributed by atoms with E-state index in [0.29, 0.717) is 27.0 Å². The molecule has 188 valence electrons. The van der Waals surface area contributed by atoms with Gasteiger partial charge in [0.15, 0.2) is 5.69 Å². The lowest BCUT2D eigenvalue weighted by molar-refractivity contribution is -0.141. The summed E-state index contributed by atoms with van der Waals surface area (Å²) in [6, 6.07) is 10.00. The maximum Gasteiger partial charge on any atom is 0.435 e. The van der Waals surface area contributed by atoms with E-state index in [1.807, 2.05) is 6.07 Å². The van der Waals surface area contributed by atoms with Crippen LogP contribution in [0, 0.1) is 11.3 Å². The van der Waals surface area contributed by atoms with Gasteiger partial charge in [-0.25, -0.2) is 0 Å². The van der Waals surface area contributed by atoms with E-state index in [0.717, 1.165) is 11.3 Å². The fraction of sp³-hybridized carbons (Fsp3) is 0.292. The van der Waals surface area contributed by atoms with Gasteiger partial charge in [-0.1, -0.05) is 24.3 Å². The van der Waals surface area contributed by atoms with Crippen LogP contribution >= 0.6 is 11.3 Å². The standard InChI is InChI=1S/C24H18F6N4OS/c1-2-34-12-19(22(32-34)24(28,29)30)16-6-4-3-5-15(16)18-11-33(21(35)7-8-23(25,26)27)13-20-17(18)9-14(10-31)36-20/h3-9,12,18H,2,11,13H2,1H3/b8-7+/t18-/m0/s1. The van der Waals surface area contributed by atoms with E-state index in [2.05, 4.69) is 5.10 Å². The minimum atomic E-state index is -4.72. The minimum Gasteiger partial charge on any atom is -0.333 e. The molecule has 4 rings (SSSR count). The zero-order valence-electron chi connectivity index (χ0n) is 18.7. The van der Waals surface area contributed by atoms with Crippen LogP contribution in [0.2, 0.25) is 0 Å². The summed E-state index contributed by atoms with van der Waals surface area (Å²) in [4.78, 5) is 14.7. The van der Waals surface area contributed by atoms with Gasteiger partial charge < -0.3 is 4.90 Å². The lowest BCUT2D eigenvalue weighted by atomic mass is 9.83. The lowest BCUT2D eigenvalue weighted by Crippen LogP contribution is -2.37. The number of hydrogen-bond acceptors (Lipinski definition) is 4. The molecule has 1 aliphatic rings. The van der Waals surface area contributed by atoms with Crippen LogP contribution in [-0.2, 0) is 24.1 Å². The summed E-state index contributed by atoms with van der Waals surface area (Å²) in [6.45, 7) is 1.78. The van der Waals surface area contributed by atoms with Crippen molar-refractivity contribution in [3.63, 3.8) is 0 Å². The Labute approximate surface area is 205 Å². The zero-order valence-corrected chi connectivity index (χ0v) is 19.5. The first-order chi connectivity index (χ1) is 16.9. The van der Waals surface area contributed by atoms with Gasteiger partial charge >= 0.3 is 12.4 Å². The first-order valence-electron chi connectivity index (χ1n) is 10.7. The topological polar surface area (TPSA) is 61.9 Å². The number of alkyl halides is 6. The second-order valence-corrected chi connectivity index (χ2v) is 9.22. The van der Waals surface area contributed by atoms with Crippen molar-refractivity contribution in [3.05, 3.63) is 75.3 Å². The average molecular weight is 524 g/mol. The van der Waals surface area contributed by atoms with Gasteiger partial charge in [-0.05, 0) is 29.7 Å². The molecule has 12 heteroatoms. The Kier molecular flexibility index (Phi) is 6.70. The van der Waals surface area contributed by atoms with Gasteiger partial charge in [0, 0.05) is 47.8 Å². The number of nitrogens with zero attached hydrogens (tertiary/aromatic N) is 4. The number of carbonyl (C=O) groups excluding carboxylic acids is 1. The smallest absolute Gasteiger partial charge is 0.333 e. The van der Waals surface area contributed by atoms with E-state index in [4.69, 9.17) is 0 Å². The third kappa shape index (κ3) is 5.16. The molecule has 0 fully saturated rings. The van der Waals surface area contributed by atoms with Crippen molar-refractivity contribution < 1.29 is 31.1 Å². The number of amides is 1. The van der Waals surface area contributed by atoms with Gasteiger partial charge in [-0.2, -0.15) is 36.7 Å². The van der Waals surface area contributed by atoms with Crippen molar-refractivity contribution in [2.24, 2.45) is 0 Å². The SMILES string of the molecule is CCn1cc(-c2ccccc2[C@@H]2CN(C(=O)/C=C/C(F)(F)F)Cc3sc(C#N)cc32)c(C(F)(F)F)n1. The Hall–Kier alpha value is -3.59. The fourth-order valence-electron chi connectivity index (χ4n) is 4.21. The Morgan fingerprint density at radius 3 is 2.56 bits per heavy atom. The number of halogens is 6. The molecular weight excluding hydrogens is 506 g/mol. The molecule has 0 N–H and O–H groups in total. The van der Waals surface area contributed by atoms with E-state index in [1.165, 1.54) is 21.8 Å². The van der Waals surface area contributed by atoms with E-state index >= 15 is 0 Å². The fourth-order valence-corrected chi connectivity index (χ4v) is 5.25. The predicted molar refractivity (Wildman–Crippen MR) is 120 cm³/mol. The highest BCUT2D eigenvalue weighted by molar-refractivity contribution is 7.12. The highest BCUT2D eigenvalue weighted by atomic mass is 32.1. The number of aromatic nitrogens is 2. The van der Waals surface area contributed by atoms with Crippen molar-refractivity contribution in [2.45, 2.75) is 38.3 Å². The molecule has 3 heterocycles. The van der Waals surface area contributed by atoms with Crippen molar-refractivity contribution in [1.82, 2.24) is 14.7 Å². The Morgan fingerprint density at radius 2 is 1.92 bits per heavy atom. The molecule has 0 saturated heterocycles. The number of hydrogen-bond donors (Lipinski definition) is 0. The Balaban J connectivity index is 1.84. The quantitative estimate of drug-likeness (QED) is 0.306. The molecule has 3 aromatic rings. The minimum absolute atomic E-state index is 0.0110. The number of rotatable bonds is 4. The molecule has 1 amide bonds. The Bertz CT molecular complexity index is 1360. The molecular formula is C24H18F6N4OS. The molecule has 1 aromatic carbocycles. The summed E-state index contributed by atoms with van der Waals surface area (Å²) in [5.41, 5.74) is 0.142. The van der Waals surface area contributed by atoms with Crippen LogP contribution in [-0.4, -0.2) is 33.3 Å². The van der Waals surface area contributed by atoms with Gasteiger partial charge in [-0.3, -0.25) is 9.48 Å². The highest BCUT2D eigenvalue weighted by Gasteiger charge is 2.39. The number of thiophene rings is 1. The van der Waals surface area contributed by atoms with E-state index < -0.39 is 29.9 Å². The molecule has 5 nitrogen and oxygen atoms in total. The van der Waals surface area contributed by atoms with Crippen LogP contribution in [0.3, 0.4) is 0 Å². The normalized spacial score (nSPS) is 16.3. The van der Waals surface area contributed by atoms with Crippen LogP contribution in [0.4, 0.5) is 26.3 Å². The maximum absolute atomic E-state index is 13.8. The summed E-state index contributed by atoms with van der Waals surface area (Å²) in [7, 11) is 0. The molecule has 1 aliphatic heterocycles. The molecule has 0 bridgehead atoms. The number of nitriles is 1. The summed E-state index contributed by atoms with van der Waals surface area (Å²) >= 11 is 1.10. The van der Waals surface area contributed by atoms with Gasteiger partial charge in [0.25, 0.3) is 0 Å². The van der Waals surface area contributed by atoms with Gasteiger partial charge in [0.1, 0.15) is 10.9 Å². The van der Waals surface area contributed by atoms with Crippen molar-refractivity contribution in [1.29, 1.82) is 5.26 Å². The largest absolute Gasteiger partial charge is 0.435 e. The van der Waals surface area contributed by atoms with Gasteiger partial charge in [0.2, 0.25) is 5.91 Å². The van der Waals surface area contributed by atoms with Crippen molar-refractivity contribution in [3.8, 4) is 17.2 Å². The molecule has 0 spiro atoms. The van der Waals surface area contributed by atoms with E-state index in [-0.39, 0.29) is 36.8 Å². The van der Waals surface area contributed by atoms with Crippen LogP contribution < -0.4 is 0 Å². The van der Waals surface area contributed by atoms with E-state index in [1.54, 1.807) is 31.2 Å². The van der Waals surface area contributed by atoms with Crippen LogP contribution in [0.25, 0.3) is 11.1 Å². The third-order valence-corrected chi connectivity index (χ3v) is 6.81. The zero-order chi connectivity index (χ0) is 26.3. The summed E-state index contributed by atoms with van der Waals surface area (Å²) < 4.78 is 80.6. The number of aryl methyl sites for hydroxylation is 1. The molecule has 36 heavy (non-hydrogen) atoms. The number of benzene rings is 1. The molecule has 0 unspecified atom stereocenters. The second kappa shape index (κ2) is 9.46. The van der Waals surface area contributed by atoms with Crippen LogP contribution in [0.5, 0.6) is 0 Å².